The molecule has 1 aromatic carbocycles. The number of pyridine rings is 1. The summed E-state index contributed by atoms with van der Waals surface area (Å²) >= 11 is 0. The van der Waals surface area contributed by atoms with E-state index in [1.807, 2.05) is 30.3 Å². The quantitative estimate of drug-likeness (QED) is 0.554. The van der Waals surface area contributed by atoms with Crippen molar-refractivity contribution in [3.63, 3.8) is 0 Å². The van der Waals surface area contributed by atoms with Crippen molar-refractivity contribution in [1.82, 2.24) is 24.7 Å². The lowest BCUT2D eigenvalue weighted by Crippen LogP contribution is -2.34. The fraction of sp³-hybridized carbons (Fsp3) is 0.263. The number of nitrogens with zero attached hydrogens (tertiary/aromatic N) is 4. The summed E-state index contributed by atoms with van der Waals surface area (Å²) in [6.45, 7) is 2.25. The molecule has 5 rings (SSSR count). The number of para-hydroxylation sites is 1. The standard InChI is InChI=1S/C19H18N6O3/c26-18-15-10-22-24-16(15)14-9-21-19(20-8-13-11-27-6-7-28-13)23-17(14)25(18)12-4-2-1-3-5-12/h1-5,9-10,13H,6-8,11H2,(H,22,24)(H,20,21,23)/t13-/m0/s1. The smallest absolute Gasteiger partial charge is 0.267 e. The molecule has 9 heteroatoms. The minimum Gasteiger partial charge on any atom is -0.376 e. The van der Waals surface area contributed by atoms with Crippen molar-refractivity contribution in [2.75, 3.05) is 31.7 Å². The number of rotatable bonds is 4. The van der Waals surface area contributed by atoms with Crippen LogP contribution in [-0.2, 0) is 9.47 Å². The molecule has 9 nitrogen and oxygen atoms in total. The molecule has 0 spiro atoms. The number of hydrogen-bond donors (Lipinski definition) is 2. The summed E-state index contributed by atoms with van der Waals surface area (Å²) in [6, 6.07) is 9.41. The Balaban J connectivity index is 1.62. The molecule has 0 unspecified atom stereocenters. The molecule has 3 aromatic heterocycles. The van der Waals surface area contributed by atoms with Crippen LogP contribution in [0.15, 0.2) is 47.5 Å². The predicted octanol–water partition coefficient (Wildman–Crippen LogP) is 1.48. The van der Waals surface area contributed by atoms with E-state index in [0.717, 1.165) is 5.69 Å². The Bertz CT molecular complexity index is 1180. The van der Waals surface area contributed by atoms with Gasteiger partial charge in [-0.2, -0.15) is 10.1 Å². The first-order valence-corrected chi connectivity index (χ1v) is 9.05. The van der Waals surface area contributed by atoms with Gasteiger partial charge in [0.25, 0.3) is 5.56 Å². The van der Waals surface area contributed by atoms with Crippen molar-refractivity contribution < 1.29 is 9.47 Å². The van der Waals surface area contributed by atoms with Gasteiger partial charge in [0.2, 0.25) is 5.95 Å². The van der Waals surface area contributed by atoms with Crippen LogP contribution in [0.3, 0.4) is 0 Å². The molecule has 1 atom stereocenters. The second-order valence-corrected chi connectivity index (χ2v) is 6.50. The highest BCUT2D eigenvalue weighted by Crippen LogP contribution is 2.22. The topological polar surface area (TPSA) is 107 Å². The van der Waals surface area contributed by atoms with Gasteiger partial charge in [-0.05, 0) is 12.1 Å². The number of H-pyrrole nitrogens is 1. The molecule has 0 saturated carbocycles. The van der Waals surface area contributed by atoms with E-state index in [9.17, 15) is 4.79 Å². The van der Waals surface area contributed by atoms with Gasteiger partial charge in [0, 0.05) is 18.9 Å². The lowest BCUT2D eigenvalue weighted by atomic mass is 10.2. The maximum atomic E-state index is 13.1. The van der Waals surface area contributed by atoms with E-state index in [1.54, 1.807) is 17.0 Å². The molecule has 0 amide bonds. The predicted molar refractivity (Wildman–Crippen MR) is 104 cm³/mol. The highest BCUT2D eigenvalue weighted by molar-refractivity contribution is 6.02. The zero-order chi connectivity index (χ0) is 18.9. The number of nitrogens with one attached hydrogen (secondary N) is 2. The van der Waals surface area contributed by atoms with Crippen LogP contribution in [0.25, 0.3) is 27.6 Å². The average Bonchev–Trinajstić information content (AvgIpc) is 3.24. The summed E-state index contributed by atoms with van der Waals surface area (Å²) in [6.07, 6.45) is 3.23. The molecule has 0 aliphatic carbocycles. The first-order chi connectivity index (χ1) is 13.8. The molecule has 0 bridgehead atoms. The summed E-state index contributed by atoms with van der Waals surface area (Å²) in [5.41, 5.74) is 1.60. The van der Waals surface area contributed by atoms with Crippen molar-refractivity contribution in [1.29, 1.82) is 0 Å². The number of aromatic amines is 1. The number of hydrogen-bond acceptors (Lipinski definition) is 7. The minimum atomic E-state index is -0.184. The third-order valence-electron chi connectivity index (χ3n) is 4.70. The van der Waals surface area contributed by atoms with Crippen molar-refractivity contribution >= 4 is 27.9 Å². The van der Waals surface area contributed by atoms with Crippen LogP contribution in [0.5, 0.6) is 0 Å². The molecule has 1 aliphatic rings. The molecule has 4 aromatic rings. The third kappa shape index (κ3) is 2.90. The van der Waals surface area contributed by atoms with Crippen LogP contribution in [0, 0.1) is 0 Å². The fourth-order valence-electron chi connectivity index (χ4n) is 3.35. The first kappa shape index (κ1) is 16.8. The van der Waals surface area contributed by atoms with Crippen LogP contribution < -0.4 is 10.9 Å². The van der Waals surface area contributed by atoms with E-state index in [-0.39, 0.29) is 11.7 Å². The fourth-order valence-corrected chi connectivity index (χ4v) is 3.35. The van der Waals surface area contributed by atoms with Crippen LogP contribution >= 0.6 is 0 Å². The highest BCUT2D eigenvalue weighted by Gasteiger charge is 2.18. The minimum absolute atomic E-state index is 0.0572. The zero-order valence-corrected chi connectivity index (χ0v) is 15.0. The van der Waals surface area contributed by atoms with Gasteiger partial charge < -0.3 is 14.8 Å². The van der Waals surface area contributed by atoms with Gasteiger partial charge in [-0.1, -0.05) is 18.2 Å². The number of benzene rings is 1. The Morgan fingerprint density at radius 2 is 2.11 bits per heavy atom. The van der Waals surface area contributed by atoms with Gasteiger partial charge in [0.15, 0.2) is 5.65 Å². The van der Waals surface area contributed by atoms with E-state index in [2.05, 4.69) is 25.5 Å². The molecule has 142 valence electrons. The number of aromatic nitrogens is 5. The van der Waals surface area contributed by atoms with E-state index < -0.39 is 0 Å². The van der Waals surface area contributed by atoms with Crippen molar-refractivity contribution in [3.05, 3.63) is 53.1 Å². The van der Waals surface area contributed by atoms with Gasteiger partial charge in [-0.3, -0.25) is 14.5 Å². The largest absolute Gasteiger partial charge is 0.376 e. The molecule has 2 N–H and O–H groups in total. The third-order valence-corrected chi connectivity index (χ3v) is 4.70. The van der Waals surface area contributed by atoms with E-state index in [0.29, 0.717) is 54.3 Å². The van der Waals surface area contributed by atoms with Crippen LogP contribution in [0.2, 0.25) is 0 Å². The number of ether oxygens (including phenoxy) is 2. The normalized spacial score (nSPS) is 17.2. The van der Waals surface area contributed by atoms with Crippen LogP contribution in [0.4, 0.5) is 5.95 Å². The Morgan fingerprint density at radius 3 is 2.93 bits per heavy atom. The van der Waals surface area contributed by atoms with Gasteiger partial charge in [0.05, 0.1) is 42.4 Å². The number of fused-ring (bicyclic) bond motifs is 3. The van der Waals surface area contributed by atoms with Crippen molar-refractivity contribution in [2.24, 2.45) is 0 Å². The lowest BCUT2D eigenvalue weighted by molar-refractivity contribution is -0.0819. The van der Waals surface area contributed by atoms with Crippen molar-refractivity contribution in [3.8, 4) is 5.69 Å². The summed E-state index contributed by atoms with van der Waals surface area (Å²) < 4.78 is 12.6. The van der Waals surface area contributed by atoms with E-state index in [1.165, 1.54) is 0 Å². The summed E-state index contributed by atoms with van der Waals surface area (Å²) in [5, 5.41) is 11.3. The molecule has 1 aliphatic heterocycles. The molecule has 4 heterocycles. The second kappa shape index (κ2) is 7.02. The lowest BCUT2D eigenvalue weighted by Gasteiger charge is -2.23. The van der Waals surface area contributed by atoms with Gasteiger partial charge in [-0.25, -0.2) is 4.98 Å². The molecule has 0 radical (unpaired) electrons. The Hall–Kier alpha value is -3.30. The van der Waals surface area contributed by atoms with Gasteiger partial charge in [0.1, 0.15) is 5.52 Å². The van der Waals surface area contributed by atoms with Gasteiger partial charge >= 0.3 is 0 Å². The summed E-state index contributed by atoms with van der Waals surface area (Å²) in [4.78, 5) is 22.1. The van der Waals surface area contributed by atoms with E-state index in [4.69, 9.17) is 9.47 Å². The zero-order valence-electron chi connectivity index (χ0n) is 15.0. The Morgan fingerprint density at radius 1 is 1.21 bits per heavy atom. The maximum Gasteiger partial charge on any atom is 0.267 e. The highest BCUT2D eigenvalue weighted by atomic mass is 16.6. The van der Waals surface area contributed by atoms with Gasteiger partial charge in [-0.15, -0.1) is 0 Å². The molecular weight excluding hydrogens is 360 g/mol. The average molecular weight is 378 g/mol. The first-order valence-electron chi connectivity index (χ1n) is 9.05. The SMILES string of the molecule is O=c1c2c[nH]nc2c2cnc(NC[C@H]3COCCO3)nc2n1-c1ccccc1. The maximum absolute atomic E-state index is 13.1. The Labute approximate surface area is 159 Å². The molecule has 1 saturated heterocycles. The molecule has 1 fully saturated rings. The summed E-state index contributed by atoms with van der Waals surface area (Å²) in [5.74, 6) is 0.417. The van der Waals surface area contributed by atoms with Crippen LogP contribution in [-0.4, -0.2) is 57.2 Å². The van der Waals surface area contributed by atoms with Crippen LogP contribution in [0.1, 0.15) is 0 Å². The van der Waals surface area contributed by atoms with E-state index >= 15 is 0 Å². The second-order valence-electron chi connectivity index (χ2n) is 6.50. The van der Waals surface area contributed by atoms with Crippen molar-refractivity contribution in [2.45, 2.75) is 6.10 Å². The number of anilines is 1. The molecular formula is C19H18N6O3. The summed E-state index contributed by atoms with van der Waals surface area (Å²) in [7, 11) is 0. The monoisotopic (exact) mass is 378 g/mol. The Kier molecular flexibility index (Phi) is 4.22. The molecule has 28 heavy (non-hydrogen) atoms.